The summed E-state index contributed by atoms with van der Waals surface area (Å²) in [5.74, 6) is -0.0787. The van der Waals surface area contributed by atoms with Gasteiger partial charge in [-0.25, -0.2) is 0 Å². The molecular weight excluding hydrogens is 200 g/mol. The zero-order valence-corrected chi connectivity index (χ0v) is 10.4. The minimum absolute atomic E-state index is 0.167. The summed E-state index contributed by atoms with van der Waals surface area (Å²) in [5.41, 5.74) is 0. The zero-order chi connectivity index (χ0) is 13.3. The van der Waals surface area contributed by atoms with Crippen LogP contribution in [0.5, 0.6) is 0 Å². The lowest BCUT2D eigenvalue weighted by atomic mass is 10.6. The van der Waals surface area contributed by atoms with Crippen molar-refractivity contribution in [2.45, 2.75) is 34.6 Å². The molecule has 0 amide bonds. The lowest BCUT2D eigenvalue weighted by molar-refractivity contribution is -0.138. The van der Waals surface area contributed by atoms with E-state index in [1.807, 2.05) is 0 Å². The van der Waals surface area contributed by atoms with Crippen LogP contribution in [0, 0.1) is 0 Å². The summed E-state index contributed by atoms with van der Waals surface area (Å²) in [5, 5.41) is 7.57. The number of methoxy groups -OCH3 is 1. The first-order valence-electron chi connectivity index (χ1n) is 4.36. The molecule has 0 aliphatic rings. The quantitative estimate of drug-likeness (QED) is 0.488. The van der Waals surface area contributed by atoms with Crippen LogP contribution in [0.15, 0.2) is 0 Å². The van der Waals surface area contributed by atoms with E-state index in [4.69, 9.17) is 9.90 Å². The first-order chi connectivity index (χ1) is 6.83. The van der Waals surface area contributed by atoms with E-state index in [0.29, 0.717) is 0 Å². The number of aliphatic hydroxyl groups is 1. The highest BCUT2D eigenvalue weighted by molar-refractivity contribution is 5.72. The lowest BCUT2D eigenvalue weighted by Gasteiger charge is -1.80. The monoisotopic (exact) mass is 222 g/mol. The van der Waals surface area contributed by atoms with E-state index in [9.17, 15) is 9.59 Å². The second kappa shape index (κ2) is 29.3. The van der Waals surface area contributed by atoms with Gasteiger partial charge in [0.15, 0.2) is 0 Å². The van der Waals surface area contributed by atoms with Crippen LogP contribution in [-0.2, 0) is 19.1 Å². The molecule has 0 aliphatic carbocycles. The Kier molecular flexibility index (Phi) is 46.0. The van der Waals surface area contributed by atoms with Crippen molar-refractivity contribution in [3.05, 3.63) is 0 Å². The summed E-state index contributed by atoms with van der Waals surface area (Å²) in [6, 6.07) is 0. The van der Waals surface area contributed by atoms with E-state index < -0.39 is 0 Å². The first-order valence-corrected chi connectivity index (χ1v) is 4.36. The molecule has 0 aromatic rings. The maximum atomic E-state index is 9.59. The van der Waals surface area contributed by atoms with Crippen molar-refractivity contribution in [2.24, 2.45) is 0 Å². The van der Waals surface area contributed by atoms with Gasteiger partial charge in [0.05, 0.1) is 7.11 Å². The fourth-order valence-electron chi connectivity index (χ4n) is 0. The third-order valence-electron chi connectivity index (χ3n) is 0.287. The molecule has 1 N–H and O–H groups in total. The molecule has 0 aromatic carbocycles. The number of ether oxygens (including phenoxy) is 1. The Bertz CT molecular complexity index is 139. The van der Waals surface area contributed by atoms with Gasteiger partial charge in [0, 0.05) is 13.5 Å². The van der Waals surface area contributed by atoms with Gasteiger partial charge in [-0.2, -0.15) is 0 Å². The average Bonchev–Trinajstić information content (AvgIpc) is 2.06. The second-order valence-corrected chi connectivity index (χ2v) is 2.16. The summed E-state index contributed by atoms with van der Waals surface area (Å²) >= 11 is 0. The molecule has 0 fully saturated rings. The van der Waals surface area contributed by atoms with Crippen LogP contribution in [0.3, 0.4) is 0 Å². The highest BCUT2D eigenvalue weighted by atomic mass is 16.5. The van der Waals surface area contributed by atoms with Crippen molar-refractivity contribution >= 4 is 18.0 Å². The number of aliphatic hydroxyl groups excluding tert-OH is 1. The van der Waals surface area contributed by atoms with Crippen LogP contribution in [0.1, 0.15) is 34.6 Å². The Balaban J connectivity index is -0.0000000553. The molecule has 92 valence electrons. The standard InChI is InChI=1S/C3H6O2.C3H6O.C2H6O.C2H4O/c1-3(4)5-2;1-3(2)4;2*1-2-3/h1-2H3;1-2H3;3H,2H2,1H3;2H,1H3. The first kappa shape index (κ1) is 23.5. The van der Waals surface area contributed by atoms with Crippen LogP contribution in [0.4, 0.5) is 0 Å². The Labute approximate surface area is 91.4 Å². The number of Topliss-reactive ketones (excluding diaryl/α,β-unsaturated/α-hetero) is 1. The third kappa shape index (κ3) is 2500. The van der Waals surface area contributed by atoms with Gasteiger partial charge in [0.25, 0.3) is 0 Å². The summed E-state index contributed by atoms with van der Waals surface area (Å²) in [4.78, 5) is 27.8. The van der Waals surface area contributed by atoms with Crippen LogP contribution < -0.4 is 0 Å². The molecule has 0 atom stereocenters. The molecule has 0 radical (unpaired) electrons. The minimum atomic E-state index is -0.245. The Morgan fingerprint density at radius 2 is 1.33 bits per heavy atom. The molecule has 0 rings (SSSR count). The Morgan fingerprint density at radius 3 is 1.33 bits per heavy atom. The fraction of sp³-hybridized carbons (Fsp3) is 0.700. The molecule has 5 nitrogen and oxygen atoms in total. The summed E-state index contributed by atoms with van der Waals surface area (Å²) in [6.07, 6.45) is 0.750. The number of carbonyl (C=O) groups is 3. The van der Waals surface area contributed by atoms with Crippen molar-refractivity contribution < 1.29 is 24.2 Å². The molecule has 0 aliphatic heterocycles. The second-order valence-electron chi connectivity index (χ2n) is 2.16. The van der Waals surface area contributed by atoms with E-state index in [1.165, 1.54) is 34.8 Å². The van der Waals surface area contributed by atoms with Crippen molar-refractivity contribution in [2.75, 3.05) is 13.7 Å². The average molecular weight is 222 g/mol. The van der Waals surface area contributed by atoms with Gasteiger partial charge < -0.3 is 19.4 Å². The Hall–Kier alpha value is -1.23. The number of ketones is 1. The molecule has 0 unspecified atom stereocenters. The van der Waals surface area contributed by atoms with Crippen LogP contribution in [0.2, 0.25) is 0 Å². The lowest BCUT2D eigenvalue weighted by Crippen LogP contribution is -1.88. The minimum Gasteiger partial charge on any atom is -0.469 e. The number of aldehydes is 1. The van der Waals surface area contributed by atoms with Crippen molar-refractivity contribution in [1.29, 1.82) is 0 Å². The molecule has 0 aromatic heterocycles. The van der Waals surface area contributed by atoms with Crippen molar-refractivity contribution in [3.63, 3.8) is 0 Å². The Morgan fingerprint density at radius 1 is 1.27 bits per heavy atom. The molecule has 0 saturated carbocycles. The summed E-state index contributed by atoms with van der Waals surface area (Å²) < 4.78 is 4.11. The third-order valence-corrected chi connectivity index (χ3v) is 0.287. The van der Waals surface area contributed by atoms with E-state index >= 15 is 0 Å². The van der Waals surface area contributed by atoms with Gasteiger partial charge >= 0.3 is 5.97 Å². The van der Waals surface area contributed by atoms with Crippen LogP contribution >= 0.6 is 0 Å². The molecule has 5 heteroatoms. The summed E-state index contributed by atoms with van der Waals surface area (Å²) in [6.45, 7) is 7.79. The predicted octanol–water partition coefficient (Wildman–Crippen LogP) is 0.978. The highest BCUT2D eigenvalue weighted by Gasteiger charge is 1.75. The van der Waals surface area contributed by atoms with Gasteiger partial charge in [-0.15, -0.1) is 0 Å². The predicted molar refractivity (Wildman–Crippen MR) is 58.5 cm³/mol. The number of hydrogen-bond acceptors (Lipinski definition) is 5. The summed E-state index contributed by atoms with van der Waals surface area (Å²) in [7, 11) is 1.35. The number of carbonyl (C=O) groups excluding carboxylic acids is 3. The number of esters is 1. The van der Waals surface area contributed by atoms with Gasteiger partial charge in [-0.3, -0.25) is 4.79 Å². The maximum absolute atomic E-state index is 9.59. The number of rotatable bonds is 0. The fourth-order valence-corrected chi connectivity index (χ4v) is 0. The van der Waals surface area contributed by atoms with Crippen molar-refractivity contribution in [3.8, 4) is 0 Å². The van der Waals surface area contributed by atoms with Crippen LogP contribution in [-0.4, -0.2) is 36.9 Å². The molecule has 0 spiro atoms. The van der Waals surface area contributed by atoms with Gasteiger partial charge in [0.2, 0.25) is 0 Å². The molecule has 0 bridgehead atoms. The normalized spacial score (nSPS) is 6.07. The molecular formula is C10H22O5. The largest absolute Gasteiger partial charge is 0.469 e. The molecule has 0 saturated heterocycles. The van der Waals surface area contributed by atoms with E-state index in [1.54, 1.807) is 6.92 Å². The smallest absolute Gasteiger partial charge is 0.302 e. The van der Waals surface area contributed by atoms with E-state index in [2.05, 4.69) is 4.74 Å². The van der Waals surface area contributed by atoms with Gasteiger partial charge in [-0.1, -0.05) is 0 Å². The van der Waals surface area contributed by atoms with Gasteiger partial charge in [0.1, 0.15) is 12.1 Å². The molecule has 0 heterocycles. The topological polar surface area (TPSA) is 80.7 Å². The van der Waals surface area contributed by atoms with E-state index in [0.717, 1.165) is 6.29 Å². The maximum Gasteiger partial charge on any atom is 0.302 e. The van der Waals surface area contributed by atoms with E-state index in [-0.39, 0.29) is 18.4 Å². The number of hydrogen-bond donors (Lipinski definition) is 1. The van der Waals surface area contributed by atoms with Crippen molar-refractivity contribution in [1.82, 2.24) is 0 Å². The zero-order valence-electron chi connectivity index (χ0n) is 10.4. The molecule has 15 heavy (non-hydrogen) atoms. The highest BCUT2D eigenvalue weighted by Crippen LogP contribution is 1.60. The van der Waals surface area contributed by atoms with Gasteiger partial charge in [-0.05, 0) is 27.7 Å². The SMILES string of the molecule is CC(C)=O.CC=O.CCO.COC(C)=O. The van der Waals surface area contributed by atoms with Crippen LogP contribution in [0.25, 0.3) is 0 Å².